The number of carbonyl (C=O) groups is 4. The Morgan fingerprint density at radius 1 is 1.10 bits per heavy atom. The number of imide groups is 1. The van der Waals surface area contributed by atoms with Crippen molar-refractivity contribution >= 4 is 35.2 Å². The van der Waals surface area contributed by atoms with Crippen LogP contribution in [0.5, 0.6) is 0 Å². The van der Waals surface area contributed by atoms with E-state index in [1.54, 1.807) is 4.90 Å². The van der Waals surface area contributed by atoms with Crippen LogP contribution in [0.2, 0.25) is 0 Å². The summed E-state index contributed by atoms with van der Waals surface area (Å²) in [5, 5.41) is 10.5. The first-order valence-corrected chi connectivity index (χ1v) is 14.1. The van der Waals surface area contributed by atoms with Gasteiger partial charge >= 0.3 is 0 Å². The first-order valence-electron chi connectivity index (χ1n) is 14.1. The number of fused-ring (bicyclic) bond motifs is 2. The first-order chi connectivity index (χ1) is 19.9. The molecule has 2 aromatic heterocycles. The highest BCUT2D eigenvalue weighted by Gasteiger charge is 2.39. The zero-order valence-corrected chi connectivity index (χ0v) is 23.1. The fraction of sp³-hybridized carbons (Fsp3) is 0.433. The van der Waals surface area contributed by atoms with Crippen molar-refractivity contribution < 1.29 is 24.3 Å². The first kappa shape index (κ1) is 27.1. The molecular formula is C30H34N6O5. The van der Waals surface area contributed by atoms with Gasteiger partial charge in [0.25, 0.3) is 12.4 Å². The Labute approximate surface area is 237 Å². The highest BCUT2D eigenvalue weighted by molar-refractivity contribution is 6.05. The van der Waals surface area contributed by atoms with Gasteiger partial charge in [0, 0.05) is 55.3 Å². The van der Waals surface area contributed by atoms with Crippen LogP contribution in [0.4, 0.5) is 0 Å². The topological polar surface area (TPSA) is 128 Å². The number of pyridine rings is 1. The van der Waals surface area contributed by atoms with Crippen molar-refractivity contribution in [2.75, 3.05) is 33.2 Å². The van der Waals surface area contributed by atoms with Crippen molar-refractivity contribution in [1.29, 1.82) is 0 Å². The lowest BCUT2D eigenvalue weighted by molar-refractivity contribution is -0.137. The van der Waals surface area contributed by atoms with Crippen molar-refractivity contribution in [2.45, 2.75) is 50.9 Å². The minimum atomic E-state index is -0.610. The summed E-state index contributed by atoms with van der Waals surface area (Å²) in [6.45, 7) is 5.33. The number of likely N-dealkylation sites (N-methyl/N-ethyl adjacent to an activating group) is 1. The molecule has 6 heterocycles. The number of nitrogens with one attached hydrogen (secondary N) is 1. The molecule has 1 unspecified atom stereocenters. The monoisotopic (exact) mass is 558 g/mol. The van der Waals surface area contributed by atoms with Crippen molar-refractivity contribution in [3.63, 3.8) is 0 Å². The molecule has 1 atom stereocenters. The summed E-state index contributed by atoms with van der Waals surface area (Å²) in [6, 6.07) is 10.1. The van der Waals surface area contributed by atoms with Gasteiger partial charge in [0.05, 0.1) is 11.7 Å². The molecule has 4 aliphatic rings. The van der Waals surface area contributed by atoms with Crippen LogP contribution in [0.25, 0.3) is 22.3 Å². The number of aromatic nitrogens is 2. The number of carboxylic acid groups (broad SMARTS) is 1. The molecule has 214 valence electrons. The second kappa shape index (κ2) is 11.1. The van der Waals surface area contributed by atoms with Gasteiger partial charge in [-0.1, -0.05) is 6.07 Å². The van der Waals surface area contributed by atoms with Crippen molar-refractivity contribution in [1.82, 2.24) is 29.6 Å². The van der Waals surface area contributed by atoms with Crippen LogP contribution < -0.4 is 5.32 Å². The lowest BCUT2D eigenvalue weighted by Crippen LogP contribution is -2.52. The third kappa shape index (κ3) is 5.11. The van der Waals surface area contributed by atoms with Crippen molar-refractivity contribution in [3.05, 3.63) is 53.2 Å². The van der Waals surface area contributed by atoms with Crippen LogP contribution in [0.3, 0.4) is 0 Å². The molecular weight excluding hydrogens is 524 g/mol. The third-order valence-corrected chi connectivity index (χ3v) is 8.62. The zero-order chi connectivity index (χ0) is 28.7. The summed E-state index contributed by atoms with van der Waals surface area (Å²) in [5.74, 6) is -0.812. The number of benzene rings is 1. The molecule has 1 aromatic carbocycles. The summed E-state index contributed by atoms with van der Waals surface area (Å²) in [6.07, 6.45) is 5.30. The predicted molar refractivity (Wildman–Crippen MR) is 151 cm³/mol. The number of nitrogens with zero attached hydrogens (tertiary/aromatic N) is 5. The van der Waals surface area contributed by atoms with Crippen molar-refractivity contribution in [3.8, 4) is 11.3 Å². The summed E-state index contributed by atoms with van der Waals surface area (Å²) >= 11 is 0. The van der Waals surface area contributed by atoms with E-state index in [9.17, 15) is 14.4 Å². The number of amides is 3. The molecule has 0 radical (unpaired) electrons. The van der Waals surface area contributed by atoms with E-state index in [1.807, 2.05) is 12.1 Å². The summed E-state index contributed by atoms with van der Waals surface area (Å²) < 4.78 is 2.33. The Balaban J connectivity index is 0.000000967. The molecule has 41 heavy (non-hydrogen) atoms. The molecule has 3 fully saturated rings. The Morgan fingerprint density at radius 3 is 2.56 bits per heavy atom. The Bertz CT molecular complexity index is 1520. The second-order valence-electron chi connectivity index (χ2n) is 11.4. The van der Waals surface area contributed by atoms with Gasteiger partial charge in [-0.05, 0) is 74.8 Å². The molecule has 0 bridgehead atoms. The molecule has 0 spiro atoms. The zero-order valence-electron chi connectivity index (χ0n) is 23.1. The van der Waals surface area contributed by atoms with Gasteiger partial charge in [0.2, 0.25) is 11.8 Å². The number of likely N-dealkylation sites (tertiary alicyclic amines) is 2. The largest absolute Gasteiger partial charge is 0.483 e. The van der Waals surface area contributed by atoms with Gasteiger partial charge in [-0.2, -0.15) is 0 Å². The smallest absolute Gasteiger partial charge is 0.290 e. The molecule has 0 aliphatic carbocycles. The van der Waals surface area contributed by atoms with Crippen molar-refractivity contribution in [2.24, 2.45) is 0 Å². The average molecular weight is 559 g/mol. The van der Waals surface area contributed by atoms with E-state index >= 15 is 0 Å². The van der Waals surface area contributed by atoms with E-state index in [-0.39, 0.29) is 30.6 Å². The fourth-order valence-corrected chi connectivity index (χ4v) is 6.53. The molecule has 3 saturated heterocycles. The van der Waals surface area contributed by atoms with E-state index in [0.29, 0.717) is 24.6 Å². The van der Waals surface area contributed by atoms with E-state index in [1.165, 1.54) is 23.8 Å². The molecule has 0 saturated carbocycles. The molecule has 7 rings (SSSR count). The summed E-state index contributed by atoms with van der Waals surface area (Å²) in [4.78, 5) is 57.2. The van der Waals surface area contributed by atoms with Crippen LogP contribution in [0, 0.1) is 0 Å². The fourth-order valence-electron chi connectivity index (χ4n) is 6.53. The van der Waals surface area contributed by atoms with E-state index in [2.05, 4.69) is 51.1 Å². The number of carbonyl (C=O) groups excluding carboxylic acids is 3. The minimum absolute atomic E-state index is 0.151. The molecule has 11 nitrogen and oxygen atoms in total. The maximum absolute atomic E-state index is 13.2. The van der Waals surface area contributed by atoms with Crippen LogP contribution in [0.15, 0.2) is 36.5 Å². The average Bonchev–Trinajstić information content (AvgIpc) is 3.67. The van der Waals surface area contributed by atoms with E-state index in [0.717, 1.165) is 55.2 Å². The van der Waals surface area contributed by atoms with Gasteiger partial charge in [-0.3, -0.25) is 29.4 Å². The standard InChI is InChI=1S/C29H32N6O3.CH2O2/c1-32-16-21(17-32)34-11-8-22-20(14-33-9-2-3-10-33)13-24(30-27(22)34)18-4-5-23-19(12-18)15-35(29(23)38)25-6-7-26(36)31-28(25)37;2-1-3/h4-5,8,11-13,21,25H,2-3,6-7,9-10,14-17H2,1H3,(H,31,36,37);1H,(H,2,3). The number of rotatable bonds is 5. The Morgan fingerprint density at radius 2 is 1.85 bits per heavy atom. The van der Waals surface area contributed by atoms with Gasteiger partial charge in [0.1, 0.15) is 11.7 Å². The second-order valence-corrected chi connectivity index (χ2v) is 11.4. The van der Waals surface area contributed by atoms with Gasteiger partial charge in [0.15, 0.2) is 0 Å². The Kier molecular flexibility index (Phi) is 7.31. The Hall–Kier alpha value is -4.09. The SMILES string of the molecule is CN1CC(n2ccc3c(CN4CCCC4)cc(-c4ccc5c(c4)CN(C4CCC(=O)NC4=O)C5=O)nc32)C1.O=CO. The van der Waals surface area contributed by atoms with E-state index < -0.39 is 6.04 Å². The van der Waals surface area contributed by atoms with Crippen LogP contribution in [-0.2, 0) is 27.5 Å². The maximum atomic E-state index is 13.2. The molecule has 2 N–H and O–H groups in total. The summed E-state index contributed by atoms with van der Waals surface area (Å²) in [7, 11) is 2.14. The van der Waals surface area contributed by atoms with Crippen LogP contribution >= 0.6 is 0 Å². The predicted octanol–water partition coefficient (Wildman–Crippen LogP) is 2.25. The van der Waals surface area contributed by atoms with Crippen LogP contribution in [-0.4, -0.2) is 92.8 Å². The molecule has 3 aromatic rings. The molecule has 3 amide bonds. The minimum Gasteiger partial charge on any atom is -0.483 e. The van der Waals surface area contributed by atoms with Gasteiger partial charge in [-0.15, -0.1) is 0 Å². The quantitative estimate of drug-likeness (QED) is 0.361. The summed E-state index contributed by atoms with van der Waals surface area (Å²) in [5.41, 5.74) is 5.73. The molecule has 11 heteroatoms. The van der Waals surface area contributed by atoms with Crippen LogP contribution in [0.1, 0.15) is 53.2 Å². The number of hydrogen-bond donors (Lipinski definition) is 2. The number of hydrogen-bond acceptors (Lipinski definition) is 7. The lowest BCUT2D eigenvalue weighted by Gasteiger charge is -2.37. The van der Waals surface area contributed by atoms with E-state index in [4.69, 9.17) is 14.9 Å². The highest BCUT2D eigenvalue weighted by atomic mass is 16.3. The van der Waals surface area contributed by atoms with Gasteiger partial charge < -0.3 is 19.5 Å². The number of piperidine rings is 1. The third-order valence-electron chi connectivity index (χ3n) is 8.62. The normalized spacial score (nSPS) is 21.4. The molecule has 4 aliphatic heterocycles. The van der Waals surface area contributed by atoms with Gasteiger partial charge in [-0.25, -0.2) is 4.98 Å². The highest BCUT2D eigenvalue weighted by Crippen LogP contribution is 2.34. The maximum Gasteiger partial charge on any atom is 0.290 e. The lowest BCUT2D eigenvalue weighted by atomic mass is 10.0.